The predicted octanol–water partition coefficient (Wildman–Crippen LogP) is 1.60. The van der Waals surface area contributed by atoms with Gasteiger partial charge in [0, 0.05) is 6.42 Å². The minimum atomic E-state index is -0.868. The maximum absolute atomic E-state index is 11.9. The van der Waals surface area contributed by atoms with Gasteiger partial charge in [-0.15, -0.1) is 0 Å². The minimum Gasteiger partial charge on any atom is -0.457 e. The van der Waals surface area contributed by atoms with Crippen LogP contribution in [0.4, 0.5) is 0 Å². The van der Waals surface area contributed by atoms with E-state index >= 15 is 0 Å². The lowest BCUT2D eigenvalue weighted by Gasteiger charge is -2.10. The van der Waals surface area contributed by atoms with Gasteiger partial charge in [-0.1, -0.05) is 6.92 Å². The Hall–Kier alpha value is -3.04. The van der Waals surface area contributed by atoms with Crippen LogP contribution in [0, 0.1) is 19.8 Å². The number of carbonyl (C=O) groups is 2. The zero-order valence-electron chi connectivity index (χ0n) is 14.5. The topological polar surface area (TPSA) is 139 Å². The van der Waals surface area contributed by atoms with Crippen molar-refractivity contribution in [1.29, 1.82) is 0 Å². The van der Waals surface area contributed by atoms with E-state index in [-0.39, 0.29) is 49.1 Å². The van der Waals surface area contributed by atoms with Crippen molar-refractivity contribution in [3.63, 3.8) is 0 Å². The molecule has 0 aliphatic carbocycles. The van der Waals surface area contributed by atoms with Crippen LogP contribution in [0.3, 0.4) is 0 Å². The van der Waals surface area contributed by atoms with Crippen molar-refractivity contribution >= 4 is 11.9 Å². The molecule has 1 unspecified atom stereocenters. The smallest absolute Gasteiger partial charge is 0.457 e. The van der Waals surface area contributed by atoms with Crippen LogP contribution in [0.15, 0.2) is 27.3 Å². The lowest BCUT2D eigenvalue weighted by Crippen LogP contribution is -2.17. The largest absolute Gasteiger partial charge is 0.519 e. The van der Waals surface area contributed by atoms with Crippen LogP contribution in [0.5, 0.6) is 0 Å². The molecule has 2 aromatic heterocycles. The number of aryl methyl sites for hydroxylation is 2. The van der Waals surface area contributed by atoms with Crippen LogP contribution < -0.4 is 11.6 Å². The van der Waals surface area contributed by atoms with Gasteiger partial charge in [-0.2, -0.15) is 0 Å². The van der Waals surface area contributed by atoms with Gasteiger partial charge in [-0.3, -0.25) is 9.59 Å². The van der Waals surface area contributed by atoms with Crippen molar-refractivity contribution in [2.24, 2.45) is 5.92 Å². The normalized spacial score (nSPS) is 12.0. The van der Waals surface area contributed by atoms with E-state index in [0.29, 0.717) is 0 Å². The van der Waals surface area contributed by atoms with Gasteiger partial charge in [-0.25, -0.2) is 9.59 Å². The van der Waals surface area contributed by atoms with E-state index in [9.17, 15) is 19.2 Å². The first-order valence-corrected chi connectivity index (χ1v) is 7.77. The molecule has 0 radical (unpaired) electrons. The lowest BCUT2D eigenvalue weighted by atomic mass is 10.1. The van der Waals surface area contributed by atoms with E-state index in [0.717, 1.165) is 0 Å². The van der Waals surface area contributed by atoms with Crippen LogP contribution in [0.2, 0.25) is 0 Å². The Balaban J connectivity index is 1.72. The summed E-state index contributed by atoms with van der Waals surface area (Å²) in [5.74, 6) is -2.69. The average Bonchev–Trinajstić information content (AvgIpc) is 3.08. The molecule has 10 heteroatoms. The fraction of sp³-hybridized carbons (Fsp3) is 0.500. The van der Waals surface area contributed by atoms with E-state index in [2.05, 4.69) is 8.83 Å². The Morgan fingerprint density at radius 2 is 1.38 bits per heavy atom. The number of ether oxygens (including phenoxy) is 2. The van der Waals surface area contributed by atoms with Crippen molar-refractivity contribution in [2.45, 2.75) is 46.8 Å². The maximum atomic E-state index is 11.9. The molecule has 0 N–H and O–H groups in total. The molecule has 142 valence electrons. The first-order valence-electron chi connectivity index (χ1n) is 7.77. The van der Waals surface area contributed by atoms with Gasteiger partial charge < -0.3 is 27.1 Å². The molecule has 0 spiro atoms. The summed E-state index contributed by atoms with van der Waals surface area (Å²) >= 11 is 0. The van der Waals surface area contributed by atoms with Crippen molar-refractivity contribution in [2.75, 3.05) is 0 Å². The average molecular weight is 370 g/mol. The molecule has 0 aliphatic rings. The van der Waals surface area contributed by atoms with Gasteiger partial charge in [-0.05, 0) is 20.3 Å². The molecular weight excluding hydrogens is 352 g/mol. The van der Waals surface area contributed by atoms with E-state index in [1.807, 2.05) is 0 Å². The van der Waals surface area contributed by atoms with E-state index < -0.39 is 29.5 Å². The molecule has 10 nitrogen and oxygen atoms in total. The summed E-state index contributed by atoms with van der Waals surface area (Å²) in [5, 5.41) is 0. The zero-order valence-corrected chi connectivity index (χ0v) is 14.5. The second-order valence-electron chi connectivity index (χ2n) is 5.58. The highest BCUT2D eigenvalue weighted by molar-refractivity contribution is 5.74. The SMILES string of the molecule is Cc1oc(=O)oc1COC(=O)CCC(C)C(=O)OCc1oc(=O)oc1C. The number of esters is 2. The Morgan fingerprint density at radius 3 is 1.85 bits per heavy atom. The molecule has 2 rings (SSSR count). The molecule has 1 atom stereocenters. The fourth-order valence-corrected chi connectivity index (χ4v) is 1.96. The van der Waals surface area contributed by atoms with Crippen LogP contribution >= 0.6 is 0 Å². The summed E-state index contributed by atoms with van der Waals surface area (Å²) in [6, 6.07) is 0. The third kappa shape index (κ3) is 5.23. The van der Waals surface area contributed by atoms with Crippen molar-refractivity contribution in [1.82, 2.24) is 0 Å². The number of hydrogen-bond acceptors (Lipinski definition) is 10. The highest BCUT2D eigenvalue weighted by atomic mass is 16.6. The molecule has 0 amide bonds. The highest BCUT2D eigenvalue weighted by Gasteiger charge is 2.19. The van der Waals surface area contributed by atoms with Gasteiger partial charge in [0.25, 0.3) is 0 Å². The number of rotatable bonds is 8. The van der Waals surface area contributed by atoms with Crippen LogP contribution in [-0.4, -0.2) is 11.9 Å². The molecule has 0 fully saturated rings. The van der Waals surface area contributed by atoms with Gasteiger partial charge >= 0.3 is 23.6 Å². The monoisotopic (exact) mass is 370 g/mol. The molecular formula is C16H18O10. The zero-order chi connectivity index (χ0) is 19.3. The molecule has 2 heterocycles. The van der Waals surface area contributed by atoms with E-state index in [1.165, 1.54) is 13.8 Å². The molecule has 0 aromatic carbocycles. The highest BCUT2D eigenvalue weighted by Crippen LogP contribution is 2.13. The molecule has 0 saturated carbocycles. The lowest BCUT2D eigenvalue weighted by molar-refractivity contribution is -0.151. The summed E-state index contributed by atoms with van der Waals surface area (Å²) in [6.45, 7) is 4.15. The van der Waals surface area contributed by atoms with Crippen molar-refractivity contribution < 1.29 is 36.7 Å². The number of hydrogen-bond donors (Lipinski definition) is 0. The van der Waals surface area contributed by atoms with Gasteiger partial charge in [0.15, 0.2) is 36.3 Å². The molecule has 0 saturated heterocycles. The fourth-order valence-electron chi connectivity index (χ4n) is 1.96. The third-order valence-electron chi connectivity index (χ3n) is 3.56. The standard InChI is InChI=1S/C16H18O10/c1-8(14(18)22-7-12-10(3)24-16(20)26-12)4-5-13(17)21-6-11-9(2)23-15(19)25-11/h8H,4-7H2,1-3H3. The van der Waals surface area contributed by atoms with Gasteiger partial charge in [0.05, 0.1) is 5.92 Å². The first-order chi connectivity index (χ1) is 12.3. The Morgan fingerprint density at radius 1 is 0.885 bits per heavy atom. The second-order valence-corrected chi connectivity index (χ2v) is 5.58. The van der Waals surface area contributed by atoms with Crippen molar-refractivity contribution in [3.8, 4) is 0 Å². The van der Waals surface area contributed by atoms with E-state index in [1.54, 1.807) is 6.92 Å². The summed E-state index contributed by atoms with van der Waals surface area (Å²) in [6.07, 6.45) is 0.164. The third-order valence-corrected chi connectivity index (χ3v) is 3.56. The van der Waals surface area contributed by atoms with E-state index in [4.69, 9.17) is 18.3 Å². The predicted molar refractivity (Wildman–Crippen MR) is 82.0 cm³/mol. The summed E-state index contributed by atoms with van der Waals surface area (Å²) in [4.78, 5) is 45.4. The maximum Gasteiger partial charge on any atom is 0.519 e. The number of carbonyl (C=O) groups excluding carboxylic acids is 2. The van der Waals surface area contributed by atoms with Crippen molar-refractivity contribution in [3.05, 3.63) is 44.3 Å². The van der Waals surface area contributed by atoms with Crippen LogP contribution in [-0.2, 0) is 32.3 Å². The van der Waals surface area contributed by atoms with Crippen LogP contribution in [0.25, 0.3) is 0 Å². The molecule has 0 bridgehead atoms. The Bertz CT molecular complexity index is 877. The molecule has 0 aliphatic heterocycles. The molecule has 26 heavy (non-hydrogen) atoms. The summed E-state index contributed by atoms with van der Waals surface area (Å²) in [5.41, 5.74) is 0. The molecule has 2 aromatic rings. The minimum absolute atomic E-state index is 0.0305. The first kappa shape index (κ1) is 19.3. The van der Waals surface area contributed by atoms with Gasteiger partial charge in [0.2, 0.25) is 0 Å². The summed E-state index contributed by atoms with van der Waals surface area (Å²) in [7, 11) is 0. The van der Waals surface area contributed by atoms with Crippen LogP contribution in [0.1, 0.15) is 42.8 Å². The summed E-state index contributed by atoms with van der Waals surface area (Å²) < 4.78 is 28.7. The second kappa shape index (κ2) is 8.37. The Labute approximate surface area is 146 Å². The Kier molecular flexibility index (Phi) is 6.21. The quantitative estimate of drug-likeness (QED) is 0.629. The van der Waals surface area contributed by atoms with Gasteiger partial charge in [0.1, 0.15) is 0 Å².